The lowest BCUT2D eigenvalue weighted by molar-refractivity contribution is -0.136. The van der Waals surface area contributed by atoms with Gasteiger partial charge < -0.3 is 10.2 Å². The molecular formula is C11H14O4. The number of fused-ring (bicyclic) bond motifs is 2. The van der Waals surface area contributed by atoms with Gasteiger partial charge in [-0.15, -0.1) is 0 Å². The van der Waals surface area contributed by atoms with Crippen molar-refractivity contribution in [2.75, 3.05) is 0 Å². The second-order valence-electron chi connectivity index (χ2n) is 4.94. The van der Waals surface area contributed by atoms with Gasteiger partial charge in [0.25, 0.3) is 0 Å². The van der Waals surface area contributed by atoms with Crippen LogP contribution in [0.1, 0.15) is 26.7 Å². The summed E-state index contributed by atoms with van der Waals surface area (Å²) in [5.74, 6) is -2.31. The molecule has 1 fully saturated rings. The molecule has 0 aromatic heterocycles. The van der Waals surface area contributed by atoms with Crippen LogP contribution in [0.4, 0.5) is 0 Å². The average molecular weight is 210 g/mol. The zero-order valence-electron chi connectivity index (χ0n) is 8.78. The highest BCUT2D eigenvalue weighted by atomic mass is 16.4. The van der Waals surface area contributed by atoms with E-state index in [-0.39, 0.29) is 28.4 Å². The molecule has 2 atom stereocenters. The van der Waals surface area contributed by atoms with Crippen molar-refractivity contribution in [1.82, 2.24) is 0 Å². The maximum absolute atomic E-state index is 11.1. The quantitative estimate of drug-likeness (QED) is 0.724. The Labute approximate surface area is 87.6 Å². The Morgan fingerprint density at radius 3 is 1.67 bits per heavy atom. The first kappa shape index (κ1) is 10.2. The second-order valence-corrected chi connectivity index (χ2v) is 4.94. The van der Waals surface area contributed by atoms with Gasteiger partial charge in [0.15, 0.2) is 0 Å². The molecule has 2 unspecified atom stereocenters. The molecule has 15 heavy (non-hydrogen) atoms. The van der Waals surface area contributed by atoms with Gasteiger partial charge in [-0.2, -0.15) is 0 Å². The molecule has 0 aliphatic heterocycles. The Morgan fingerprint density at radius 2 is 1.40 bits per heavy atom. The molecule has 2 rings (SSSR count). The van der Waals surface area contributed by atoms with Gasteiger partial charge in [-0.1, -0.05) is 13.8 Å². The highest BCUT2D eigenvalue weighted by Crippen LogP contribution is 2.60. The van der Waals surface area contributed by atoms with E-state index in [9.17, 15) is 9.59 Å². The van der Waals surface area contributed by atoms with E-state index in [0.29, 0.717) is 0 Å². The largest absolute Gasteiger partial charge is 0.478 e. The minimum atomic E-state index is -1.06. The topological polar surface area (TPSA) is 74.6 Å². The average Bonchev–Trinajstić information content (AvgIpc) is 2.52. The van der Waals surface area contributed by atoms with Gasteiger partial charge in [-0.3, -0.25) is 0 Å². The van der Waals surface area contributed by atoms with Crippen LogP contribution in [-0.2, 0) is 9.59 Å². The summed E-state index contributed by atoms with van der Waals surface area (Å²) >= 11 is 0. The SMILES string of the molecule is CC1(C)C2CCC1C(C(=O)O)=C2C(=O)O. The highest BCUT2D eigenvalue weighted by molar-refractivity contribution is 6.01. The normalized spacial score (nSPS) is 32.1. The highest BCUT2D eigenvalue weighted by Gasteiger charge is 2.56. The van der Waals surface area contributed by atoms with Gasteiger partial charge in [0.2, 0.25) is 0 Å². The molecule has 2 N–H and O–H groups in total. The fourth-order valence-corrected chi connectivity index (χ4v) is 3.26. The van der Waals surface area contributed by atoms with Crippen molar-refractivity contribution < 1.29 is 19.8 Å². The molecule has 0 aromatic carbocycles. The van der Waals surface area contributed by atoms with E-state index in [1.165, 1.54) is 0 Å². The molecule has 0 radical (unpaired) electrons. The Hall–Kier alpha value is -1.32. The van der Waals surface area contributed by atoms with E-state index in [1.807, 2.05) is 13.8 Å². The third-order valence-corrected chi connectivity index (χ3v) is 3.99. The van der Waals surface area contributed by atoms with Crippen LogP contribution < -0.4 is 0 Å². The minimum absolute atomic E-state index is 0.0916. The van der Waals surface area contributed by atoms with Crippen LogP contribution in [0.25, 0.3) is 0 Å². The maximum Gasteiger partial charge on any atom is 0.332 e. The van der Waals surface area contributed by atoms with Crippen LogP contribution in [0.15, 0.2) is 11.1 Å². The first-order valence-corrected chi connectivity index (χ1v) is 5.08. The van der Waals surface area contributed by atoms with Crippen molar-refractivity contribution in [3.63, 3.8) is 0 Å². The first-order chi connectivity index (χ1) is 6.87. The molecule has 2 aliphatic rings. The van der Waals surface area contributed by atoms with Crippen molar-refractivity contribution in [3.8, 4) is 0 Å². The van der Waals surface area contributed by atoms with Crippen LogP contribution >= 0.6 is 0 Å². The van der Waals surface area contributed by atoms with Crippen LogP contribution in [-0.4, -0.2) is 22.2 Å². The van der Waals surface area contributed by atoms with Gasteiger partial charge >= 0.3 is 11.9 Å². The molecule has 82 valence electrons. The second kappa shape index (κ2) is 2.84. The summed E-state index contributed by atoms with van der Waals surface area (Å²) in [7, 11) is 0. The summed E-state index contributed by atoms with van der Waals surface area (Å²) in [5.41, 5.74) is 0.0778. The van der Waals surface area contributed by atoms with E-state index >= 15 is 0 Å². The fraction of sp³-hybridized carbons (Fsp3) is 0.636. The number of carbonyl (C=O) groups is 2. The first-order valence-electron chi connectivity index (χ1n) is 5.08. The number of hydrogen-bond donors (Lipinski definition) is 2. The number of carboxylic acid groups (broad SMARTS) is 2. The lowest BCUT2D eigenvalue weighted by Gasteiger charge is -2.25. The summed E-state index contributed by atoms with van der Waals surface area (Å²) in [6, 6.07) is 0. The summed E-state index contributed by atoms with van der Waals surface area (Å²) in [6.45, 7) is 3.93. The molecule has 4 nitrogen and oxygen atoms in total. The summed E-state index contributed by atoms with van der Waals surface area (Å²) in [4.78, 5) is 22.1. The Bertz CT molecular complexity index is 344. The fourth-order valence-electron chi connectivity index (χ4n) is 3.26. The zero-order valence-corrected chi connectivity index (χ0v) is 8.78. The third-order valence-electron chi connectivity index (χ3n) is 3.99. The van der Waals surface area contributed by atoms with E-state index < -0.39 is 11.9 Å². The molecular weight excluding hydrogens is 196 g/mol. The van der Waals surface area contributed by atoms with Gasteiger partial charge in [0, 0.05) is 0 Å². The van der Waals surface area contributed by atoms with Gasteiger partial charge in [0.05, 0.1) is 11.1 Å². The molecule has 0 heterocycles. The Morgan fingerprint density at radius 1 is 1.07 bits per heavy atom. The smallest absolute Gasteiger partial charge is 0.332 e. The van der Waals surface area contributed by atoms with E-state index in [2.05, 4.69) is 0 Å². The number of carboxylic acids is 2. The van der Waals surface area contributed by atoms with Crippen LogP contribution in [0.5, 0.6) is 0 Å². The summed E-state index contributed by atoms with van der Waals surface area (Å²) in [6.07, 6.45) is 1.60. The number of hydrogen-bond acceptors (Lipinski definition) is 2. The predicted molar refractivity (Wildman–Crippen MR) is 52.3 cm³/mol. The van der Waals surface area contributed by atoms with Crippen molar-refractivity contribution in [2.24, 2.45) is 17.3 Å². The molecule has 2 aliphatic carbocycles. The van der Waals surface area contributed by atoms with E-state index in [0.717, 1.165) is 12.8 Å². The predicted octanol–water partition coefficient (Wildman–Crippen LogP) is 1.52. The lowest BCUT2D eigenvalue weighted by Crippen LogP contribution is -2.21. The third kappa shape index (κ3) is 1.14. The standard InChI is InChI=1S/C11H14O4/c1-11(2)5-3-4-6(11)8(10(14)15)7(5)9(12)13/h5-6H,3-4H2,1-2H3,(H,12,13)(H,14,15). The lowest BCUT2D eigenvalue weighted by atomic mass is 9.79. The summed E-state index contributed by atoms with van der Waals surface area (Å²) in [5, 5.41) is 18.1. The molecule has 0 amide bonds. The zero-order chi connectivity index (χ0) is 11.4. The van der Waals surface area contributed by atoms with Crippen LogP contribution in [0.3, 0.4) is 0 Å². The van der Waals surface area contributed by atoms with Crippen molar-refractivity contribution in [1.29, 1.82) is 0 Å². The van der Waals surface area contributed by atoms with Gasteiger partial charge in [0.1, 0.15) is 0 Å². The van der Waals surface area contributed by atoms with E-state index in [1.54, 1.807) is 0 Å². The molecule has 0 spiro atoms. The molecule has 2 bridgehead atoms. The minimum Gasteiger partial charge on any atom is -0.478 e. The molecule has 4 heteroatoms. The molecule has 0 aromatic rings. The van der Waals surface area contributed by atoms with Crippen LogP contribution in [0, 0.1) is 17.3 Å². The Kier molecular flexibility index (Phi) is 1.93. The van der Waals surface area contributed by atoms with Crippen molar-refractivity contribution in [3.05, 3.63) is 11.1 Å². The molecule has 1 saturated carbocycles. The van der Waals surface area contributed by atoms with Gasteiger partial charge in [-0.05, 0) is 30.1 Å². The van der Waals surface area contributed by atoms with Crippen molar-refractivity contribution >= 4 is 11.9 Å². The number of rotatable bonds is 2. The van der Waals surface area contributed by atoms with E-state index in [4.69, 9.17) is 10.2 Å². The van der Waals surface area contributed by atoms with Gasteiger partial charge in [-0.25, -0.2) is 9.59 Å². The summed E-state index contributed by atoms with van der Waals surface area (Å²) < 4.78 is 0. The van der Waals surface area contributed by atoms with Crippen LogP contribution in [0.2, 0.25) is 0 Å². The maximum atomic E-state index is 11.1. The molecule has 0 saturated heterocycles. The number of aliphatic carboxylic acids is 2. The Balaban J connectivity index is 2.56. The van der Waals surface area contributed by atoms with Crippen molar-refractivity contribution in [2.45, 2.75) is 26.7 Å². The monoisotopic (exact) mass is 210 g/mol.